The number of hydrogen-bond donors (Lipinski definition) is 1. The highest BCUT2D eigenvalue weighted by Gasteiger charge is 2.65. The van der Waals surface area contributed by atoms with Gasteiger partial charge in [0, 0.05) is 59.0 Å². The fourth-order valence-electron chi connectivity index (χ4n) is 20.1. The Bertz CT molecular complexity index is 2850. The number of carbonyl (C=O) groups excluding carboxylic acids is 8. The Morgan fingerprint density at radius 2 is 1.04 bits per heavy atom. The number of ether oxygens (including phenoxy) is 10. The molecule has 2 heterocycles. The van der Waals surface area contributed by atoms with Crippen LogP contribution in [-0.2, 0) is 85.7 Å². The molecule has 14 bridgehead atoms. The van der Waals surface area contributed by atoms with Gasteiger partial charge in [0.05, 0.1) is 29.8 Å². The molecule has 0 aromatic heterocycles. The fourth-order valence-corrected chi connectivity index (χ4v) is 20.1. The lowest BCUT2D eigenvalue weighted by Crippen LogP contribution is -2.61. The first kappa shape index (κ1) is 69.2. The molecule has 10 unspecified atom stereocenters. The molecule has 17 fully saturated rings. The van der Waals surface area contributed by atoms with Gasteiger partial charge in [-0.1, -0.05) is 59.1 Å². The van der Waals surface area contributed by atoms with Gasteiger partial charge in [-0.05, 0) is 210 Å². The minimum atomic E-state index is -0.728. The van der Waals surface area contributed by atoms with Crippen LogP contribution in [0.4, 0.5) is 0 Å². The van der Waals surface area contributed by atoms with Crippen molar-refractivity contribution in [2.75, 3.05) is 20.0 Å². The molecule has 0 aromatic rings. The maximum absolute atomic E-state index is 12.2. The van der Waals surface area contributed by atoms with Crippen LogP contribution in [0.3, 0.4) is 0 Å². The molecule has 19 nitrogen and oxygen atoms in total. The van der Waals surface area contributed by atoms with Crippen LogP contribution < -0.4 is 0 Å². The van der Waals surface area contributed by atoms with Gasteiger partial charge in [0.25, 0.3) is 0 Å². The quantitative estimate of drug-likeness (QED) is 0.0615. The Labute approximate surface area is 543 Å². The fraction of sp³-hybridized carbons (Fsp3) is 0.753. The van der Waals surface area contributed by atoms with Gasteiger partial charge in [-0.15, -0.1) is 0 Å². The van der Waals surface area contributed by atoms with Crippen molar-refractivity contribution in [2.24, 2.45) is 65.1 Å². The van der Waals surface area contributed by atoms with Crippen LogP contribution in [0.2, 0.25) is 0 Å². The number of rotatable bonds is 17. The average Bonchev–Trinajstić information content (AvgIpc) is 0.841. The summed E-state index contributed by atoms with van der Waals surface area (Å²) in [5.41, 5.74) is 0.396. The molecule has 2 aliphatic heterocycles. The molecule has 2 saturated heterocycles. The Morgan fingerprint density at radius 3 is 1.54 bits per heavy atom. The van der Waals surface area contributed by atoms with Crippen LogP contribution in [0, 0.1) is 65.1 Å². The van der Waals surface area contributed by atoms with Crippen molar-refractivity contribution < 1.29 is 90.8 Å². The zero-order valence-electron chi connectivity index (χ0n) is 55.5. The van der Waals surface area contributed by atoms with E-state index in [2.05, 4.69) is 44.6 Å². The Hall–Kier alpha value is -5.66. The van der Waals surface area contributed by atoms with E-state index in [1.54, 1.807) is 20.8 Å². The summed E-state index contributed by atoms with van der Waals surface area (Å²) in [6.45, 7) is 28.6. The maximum atomic E-state index is 12.2. The van der Waals surface area contributed by atoms with Gasteiger partial charge in [-0.3, -0.25) is 4.79 Å². The summed E-state index contributed by atoms with van der Waals surface area (Å²) in [5.74, 6) is 2.59. The standard InChI is InChI=1S/C21H32O4.C16H24O2.C14H16O6.C14H20O3.C8H10O4/c1-15(2)19(22)25-21-11-16-8-17(12-21)10-20(9-16,13-21)24-14-23-18-6-4-3-5-7-18;1-4-16(18-15(17)10(2)3)13-6-11-5-12(8-13)9-14(16)7-11;1-6(2)13(16)18-5-10(15)19-11-7-3-8-9(4-7)14(17)20-12(8)11;1-9(2)12(15)17-14-6-10-3-11(7-14)5-13(16,4-10)8-14;1-5(2)7(9)12-6-3-4-11-8(6)10/h16-18H,1,3-14H2,2H3;11-14H,2,4-9H2,1,3H3;7-9,11-12H,1,3-5H2,2H3;10-11,16H,1,3-8H2,2H3;6H,1,3-4H2,2H3. The summed E-state index contributed by atoms with van der Waals surface area (Å²) in [5, 5.41) is 10.5. The molecule has 15 aliphatic carbocycles. The monoisotopic (exact) mass is 1280 g/mol. The first-order valence-electron chi connectivity index (χ1n) is 34.4. The van der Waals surface area contributed by atoms with E-state index in [0.717, 1.165) is 88.9 Å². The number of cyclic esters (lactones) is 1. The normalized spacial score (nSPS) is 39.2. The van der Waals surface area contributed by atoms with Crippen molar-refractivity contribution in [3.8, 4) is 0 Å². The summed E-state index contributed by atoms with van der Waals surface area (Å²) < 4.78 is 54.8. The molecule has 10 atom stereocenters. The highest BCUT2D eigenvalue weighted by atomic mass is 16.7. The van der Waals surface area contributed by atoms with Crippen molar-refractivity contribution in [3.05, 3.63) is 60.8 Å². The lowest BCUT2D eigenvalue weighted by molar-refractivity contribution is -0.258. The SMILES string of the molecule is C=C(C)C(=O)OC1(CC)C2CC3CC(C2)CC1C3.C=C(C)C(=O)OC12CC3CC(CC(O)(C3)C1)C2.C=C(C)C(=O)OC12CC3CC(CC(OCOC4CCCCC4)(C3)C1)C2.C=C(C)C(=O)OC1CCOC1=O.C=C(C)C(=O)OCC(=O)OC1C2CC3C(=O)OC1C3C2. The van der Waals surface area contributed by atoms with Crippen LogP contribution in [0.5, 0.6) is 0 Å². The van der Waals surface area contributed by atoms with E-state index in [9.17, 15) is 43.5 Å². The third kappa shape index (κ3) is 15.5. The van der Waals surface area contributed by atoms with Gasteiger partial charge >= 0.3 is 47.8 Å². The summed E-state index contributed by atoms with van der Waals surface area (Å²) in [6, 6.07) is 0. The second-order valence-corrected chi connectivity index (χ2v) is 30.9. The number of carbonyl (C=O) groups is 8. The van der Waals surface area contributed by atoms with Crippen LogP contribution in [0.1, 0.15) is 208 Å². The van der Waals surface area contributed by atoms with Gasteiger partial charge in [0.2, 0.25) is 6.10 Å². The van der Waals surface area contributed by atoms with E-state index >= 15 is 0 Å². The predicted octanol–water partition coefficient (Wildman–Crippen LogP) is 11.4. The third-order valence-electron chi connectivity index (χ3n) is 23.0. The van der Waals surface area contributed by atoms with Crippen LogP contribution in [0.15, 0.2) is 60.8 Å². The second-order valence-electron chi connectivity index (χ2n) is 30.9. The van der Waals surface area contributed by atoms with Crippen LogP contribution in [-0.4, -0.2) is 125 Å². The zero-order valence-corrected chi connectivity index (χ0v) is 55.5. The van der Waals surface area contributed by atoms with Crippen molar-refractivity contribution in [2.45, 2.75) is 261 Å². The van der Waals surface area contributed by atoms with E-state index in [4.69, 9.17) is 42.6 Å². The maximum Gasteiger partial charge on any atom is 0.347 e. The van der Waals surface area contributed by atoms with E-state index in [1.807, 2.05) is 0 Å². The molecule has 17 aliphatic rings. The largest absolute Gasteiger partial charge is 0.463 e. The zero-order chi connectivity index (χ0) is 66.2. The molecule has 17 rings (SSSR count). The van der Waals surface area contributed by atoms with Gasteiger partial charge in [-0.2, -0.15) is 0 Å². The van der Waals surface area contributed by atoms with Crippen molar-refractivity contribution in [3.63, 3.8) is 0 Å². The van der Waals surface area contributed by atoms with Crippen LogP contribution in [0.25, 0.3) is 0 Å². The molecule has 19 heteroatoms. The first-order chi connectivity index (χ1) is 43.5. The average molecular weight is 1280 g/mol. The molecule has 0 amide bonds. The molecule has 0 spiro atoms. The Balaban J connectivity index is 0.000000128. The number of esters is 8. The lowest BCUT2D eigenvalue weighted by atomic mass is 9.49. The van der Waals surface area contributed by atoms with Gasteiger partial charge in [0.1, 0.15) is 35.8 Å². The number of aliphatic hydroxyl groups is 1. The summed E-state index contributed by atoms with van der Waals surface area (Å²) >= 11 is 0. The topological polar surface area (TPSA) is 249 Å². The van der Waals surface area contributed by atoms with Gasteiger partial charge < -0.3 is 52.5 Å². The van der Waals surface area contributed by atoms with E-state index in [1.165, 1.54) is 90.9 Å². The molecule has 0 aromatic carbocycles. The molecular weight excluding hydrogens is 1180 g/mol. The second kappa shape index (κ2) is 28.0. The summed E-state index contributed by atoms with van der Waals surface area (Å²) in [7, 11) is 0. The number of fused-ring (bicyclic) bond motifs is 1. The Morgan fingerprint density at radius 1 is 0.543 bits per heavy atom. The predicted molar refractivity (Wildman–Crippen MR) is 335 cm³/mol. The smallest absolute Gasteiger partial charge is 0.347 e. The van der Waals surface area contributed by atoms with E-state index in [0.29, 0.717) is 84.6 Å². The highest BCUT2D eigenvalue weighted by Crippen LogP contribution is 2.63. The Kier molecular flexibility index (Phi) is 21.0. The molecule has 15 saturated carbocycles. The minimum Gasteiger partial charge on any atom is -0.463 e. The molecule has 1 N–H and O–H groups in total. The van der Waals surface area contributed by atoms with Crippen molar-refractivity contribution in [1.82, 2.24) is 0 Å². The molecule has 92 heavy (non-hydrogen) atoms. The number of hydrogen-bond acceptors (Lipinski definition) is 19. The van der Waals surface area contributed by atoms with Gasteiger partial charge in [0.15, 0.2) is 6.61 Å². The van der Waals surface area contributed by atoms with Crippen molar-refractivity contribution >= 4 is 47.8 Å². The molecule has 0 radical (unpaired) electrons. The molecular formula is C73H102O19. The third-order valence-corrected chi connectivity index (χ3v) is 23.0. The van der Waals surface area contributed by atoms with E-state index in [-0.39, 0.29) is 75.7 Å². The first-order valence-corrected chi connectivity index (χ1v) is 34.4. The lowest BCUT2D eigenvalue weighted by Gasteiger charge is -2.60. The van der Waals surface area contributed by atoms with Gasteiger partial charge in [-0.25, -0.2) is 33.6 Å². The highest BCUT2D eigenvalue weighted by molar-refractivity contribution is 5.90. The van der Waals surface area contributed by atoms with E-state index < -0.39 is 53.9 Å². The summed E-state index contributed by atoms with van der Waals surface area (Å²) in [4.78, 5) is 92.0. The summed E-state index contributed by atoms with van der Waals surface area (Å²) in [6.07, 6.45) is 26.5. The molecule has 508 valence electrons. The minimum absolute atomic E-state index is 0.0128. The van der Waals surface area contributed by atoms with Crippen LogP contribution >= 0.6 is 0 Å². The van der Waals surface area contributed by atoms with Crippen molar-refractivity contribution in [1.29, 1.82) is 0 Å².